The van der Waals surface area contributed by atoms with Gasteiger partial charge in [-0.3, -0.25) is 4.79 Å². The molecule has 1 unspecified atom stereocenters. The second-order valence-corrected chi connectivity index (χ2v) is 5.32. The molecule has 2 bridgehead atoms. The Hall–Kier alpha value is -1.46. The van der Waals surface area contributed by atoms with E-state index in [0.717, 1.165) is 18.2 Å². The molecule has 0 aromatic carbocycles. The standard InChI is InChI=1S/C15H20O5/c1-10(6-12(17)18)4-5-15(19)13(2)7-11(16)8-14(15,3)20-9-13/h4-6,19H,7-9H2,1-3H3,(H,17,18)/b5-4+,10-6-/t13-,14-,15+/m1/s1/i3D3,7D2,8D/t8?,13-,14-,15+. The van der Waals surface area contributed by atoms with Gasteiger partial charge in [-0.25, -0.2) is 4.79 Å². The van der Waals surface area contributed by atoms with Crippen molar-refractivity contribution in [3.63, 3.8) is 0 Å². The fourth-order valence-electron chi connectivity index (χ4n) is 2.47. The third-order valence-corrected chi connectivity index (χ3v) is 3.67. The van der Waals surface area contributed by atoms with Gasteiger partial charge in [-0.1, -0.05) is 13.0 Å². The Kier molecular flexibility index (Phi) is 1.98. The van der Waals surface area contributed by atoms with Crippen LogP contribution in [-0.4, -0.2) is 39.8 Å². The maximum atomic E-state index is 12.4. The molecule has 0 aromatic rings. The number of carboxylic acid groups (broad SMARTS) is 1. The minimum atomic E-state index is -3.12. The molecule has 0 radical (unpaired) electrons. The van der Waals surface area contributed by atoms with Crippen LogP contribution >= 0.6 is 0 Å². The Morgan fingerprint density at radius 3 is 2.90 bits per heavy atom. The monoisotopic (exact) mass is 286 g/mol. The lowest BCUT2D eigenvalue weighted by atomic mass is 9.59. The van der Waals surface area contributed by atoms with Gasteiger partial charge in [0.05, 0.1) is 6.61 Å². The lowest BCUT2D eigenvalue weighted by Crippen LogP contribution is -2.60. The summed E-state index contributed by atoms with van der Waals surface area (Å²) < 4.78 is 53.1. The number of aliphatic carboxylic acids is 1. The third-order valence-electron chi connectivity index (χ3n) is 3.67. The number of hydrogen-bond acceptors (Lipinski definition) is 4. The van der Waals surface area contributed by atoms with Gasteiger partial charge in [-0.2, -0.15) is 0 Å². The molecule has 2 rings (SSSR count). The van der Waals surface area contributed by atoms with E-state index in [4.69, 9.17) is 18.1 Å². The number of carbonyl (C=O) groups is 2. The van der Waals surface area contributed by atoms with Crippen molar-refractivity contribution >= 4 is 11.8 Å². The molecule has 110 valence electrons. The van der Waals surface area contributed by atoms with E-state index >= 15 is 0 Å². The first-order chi connectivity index (χ1) is 11.6. The molecule has 4 atom stereocenters. The van der Waals surface area contributed by atoms with Crippen LogP contribution in [0.25, 0.3) is 0 Å². The molecule has 5 heteroatoms. The number of ether oxygens (including phenoxy) is 1. The summed E-state index contributed by atoms with van der Waals surface area (Å²) in [5.41, 5.74) is -7.06. The van der Waals surface area contributed by atoms with E-state index in [2.05, 4.69) is 0 Å². The number of rotatable bonds is 3. The molecule has 2 aliphatic rings. The van der Waals surface area contributed by atoms with Crippen LogP contribution in [0, 0.1) is 5.41 Å². The van der Waals surface area contributed by atoms with Crippen molar-refractivity contribution in [3.05, 3.63) is 23.8 Å². The van der Waals surface area contributed by atoms with Crippen molar-refractivity contribution in [2.45, 2.75) is 44.7 Å². The maximum Gasteiger partial charge on any atom is 0.328 e. The second kappa shape index (κ2) is 4.53. The molecule has 1 aliphatic carbocycles. The summed E-state index contributed by atoms with van der Waals surface area (Å²) in [7, 11) is 0. The molecule has 1 aliphatic heterocycles. The highest BCUT2D eigenvalue weighted by Gasteiger charge is 2.67. The van der Waals surface area contributed by atoms with Gasteiger partial charge in [-0.05, 0) is 25.4 Å². The van der Waals surface area contributed by atoms with Crippen molar-refractivity contribution in [2.24, 2.45) is 5.41 Å². The van der Waals surface area contributed by atoms with E-state index in [1.807, 2.05) is 0 Å². The van der Waals surface area contributed by atoms with E-state index in [-0.39, 0.29) is 5.57 Å². The summed E-state index contributed by atoms with van der Waals surface area (Å²) in [5, 5.41) is 20.1. The number of Topliss-reactive ketones (excluding diaryl/α,β-unsaturated/α-hetero) is 1. The Balaban J connectivity index is 2.76. The van der Waals surface area contributed by atoms with Gasteiger partial charge >= 0.3 is 5.97 Å². The topological polar surface area (TPSA) is 83.8 Å². The van der Waals surface area contributed by atoms with E-state index in [1.54, 1.807) is 0 Å². The summed E-state index contributed by atoms with van der Waals surface area (Å²) in [5.74, 6) is -2.54. The smallest absolute Gasteiger partial charge is 0.328 e. The van der Waals surface area contributed by atoms with Crippen molar-refractivity contribution < 1.29 is 32.8 Å². The zero-order chi connectivity index (χ0) is 20.3. The van der Waals surface area contributed by atoms with Crippen LogP contribution in [0.4, 0.5) is 0 Å². The van der Waals surface area contributed by atoms with Gasteiger partial charge in [0.2, 0.25) is 0 Å². The summed E-state index contributed by atoms with van der Waals surface area (Å²) in [6.07, 6.45) is -2.05. The summed E-state index contributed by atoms with van der Waals surface area (Å²) in [4.78, 5) is 23.2. The van der Waals surface area contributed by atoms with Crippen LogP contribution in [0.5, 0.6) is 0 Å². The van der Waals surface area contributed by atoms with Crippen molar-refractivity contribution in [1.29, 1.82) is 0 Å². The van der Waals surface area contributed by atoms with Crippen LogP contribution < -0.4 is 0 Å². The van der Waals surface area contributed by atoms with E-state index < -0.39 is 54.6 Å². The fraction of sp³-hybridized carbons (Fsp3) is 0.600. The Bertz CT molecular complexity index is 714. The maximum absolute atomic E-state index is 12.4. The van der Waals surface area contributed by atoms with Crippen LogP contribution in [0.15, 0.2) is 23.8 Å². The molecule has 5 nitrogen and oxygen atoms in total. The van der Waals surface area contributed by atoms with Crippen LogP contribution in [0.2, 0.25) is 0 Å². The molecule has 1 saturated carbocycles. The normalized spacial score (nSPS) is 52.6. The first-order valence-corrected chi connectivity index (χ1v) is 6.02. The highest BCUT2D eigenvalue weighted by Crippen LogP contribution is 2.56. The molecular formula is C15H20O5. The highest BCUT2D eigenvalue weighted by molar-refractivity contribution is 5.83. The van der Waals surface area contributed by atoms with Gasteiger partial charge in [0.15, 0.2) is 0 Å². The molecule has 2 fully saturated rings. The largest absolute Gasteiger partial charge is 0.478 e. The van der Waals surface area contributed by atoms with Gasteiger partial charge in [0.1, 0.15) is 17.0 Å². The molecule has 0 amide bonds. The molecular weight excluding hydrogens is 260 g/mol. The van der Waals surface area contributed by atoms with E-state index in [1.165, 1.54) is 13.8 Å². The number of aliphatic hydroxyl groups is 1. The molecule has 0 aromatic heterocycles. The average molecular weight is 286 g/mol. The van der Waals surface area contributed by atoms with Crippen LogP contribution in [0.1, 0.15) is 41.7 Å². The molecule has 20 heavy (non-hydrogen) atoms. The second-order valence-electron chi connectivity index (χ2n) is 5.32. The summed E-state index contributed by atoms with van der Waals surface area (Å²) >= 11 is 0. The van der Waals surface area contributed by atoms with Crippen molar-refractivity contribution in [3.8, 4) is 0 Å². The number of fused-ring (bicyclic) bond motifs is 2. The zero-order valence-corrected chi connectivity index (χ0v) is 11.1. The number of hydrogen-bond donors (Lipinski definition) is 2. The van der Waals surface area contributed by atoms with Crippen molar-refractivity contribution in [2.75, 3.05) is 6.61 Å². The van der Waals surface area contributed by atoms with Crippen LogP contribution in [-0.2, 0) is 14.3 Å². The van der Waals surface area contributed by atoms with Gasteiger partial charge in [0.25, 0.3) is 0 Å². The molecule has 2 N–H and O–H groups in total. The minimum Gasteiger partial charge on any atom is -0.478 e. The quantitative estimate of drug-likeness (QED) is 0.606. The van der Waals surface area contributed by atoms with E-state index in [9.17, 15) is 14.7 Å². The summed E-state index contributed by atoms with van der Waals surface area (Å²) in [6.45, 7) is -1.14. The lowest BCUT2D eigenvalue weighted by Gasteiger charge is -2.47. The summed E-state index contributed by atoms with van der Waals surface area (Å²) in [6, 6.07) is 0. The Morgan fingerprint density at radius 2 is 2.30 bits per heavy atom. The zero-order valence-electron chi connectivity index (χ0n) is 17.1. The number of carbonyl (C=O) groups excluding carboxylic acids is 1. The predicted octanol–water partition coefficient (Wildman–Crippen LogP) is 1.46. The lowest BCUT2D eigenvalue weighted by molar-refractivity contribution is -0.151. The SMILES string of the molecule is [2H]C1C(=O)C([2H])([2H])[C@]2(C)CO[C@@]1(C([2H])([2H])[2H])[C@]2(O)/C=C/C(C)=C\C(=O)O. The minimum absolute atomic E-state index is 0.147. The molecule has 1 saturated heterocycles. The third kappa shape index (κ3) is 2.11. The Labute approximate surface area is 126 Å². The first kappa shape index (κ1) is 8.74. The van der Waals surface area contributed by atoms with Gasteiger partial charge < -0.3 is 14.9 Å². The molecule has 1 heterocycles. The fourth-order valence-corrected chi connectivity index (χ4v) is 2.47. The highest BCUT2D eigenvalue weighted by atomic mass is 16.5. The average Bonchev–Trinajstić information content (AvgIpc) is 2.70. The number of allylic oxidation sites excluding steroid dienone is 2. The van der Waals surface area contributed by atoms with E-state index in [0.29, 0.717) is 0 Å². The first-order valence-electron chi connectivity index (χ1n) is 9.09. The van der Waals surface area contributed by atoms with Gasteiger partial charge in [-0.15, -0.1) is 0 Å². The van der Waals surface area contributed by atoms with Crippen LogP contribution in [0.3, 0.4) is 0 Å². The number of ketones is 1. The Morgan fingerprint density at radius 1 is 1.60 bits per heavy atom. The number of carboxylic acids is 1. The van der Waals surface area contributed by atoms with Gasteiger partial charge in [0, 0.05) is 32.5 Å². The predicted molar refractivity (Wildman–Crippen MR) is 72.2 cm³/mol. The molecule has 0 spiro atoms. The van der Waals surface area contributed by atoms with Crippen molar-refractivity contribution in [1.82, 2.24) is 0 Å².